The molecular formula is C26H26FN3O3S. The van der Waals surface area contributed by atoms with E-state index in [0.717, 1.165) is 37.9 Å². The Labute approximate surface area is 201 Å². The lowest BCUT2D eigenvalue weighted by atomic mass is 9.93. The molecule has 1 aliphatic rings. The highest BCUT2D eigenvalue weighted by atomic mass is 32.1. The zero-order valence-electron chi connectivity index (χ0n) is 19.1. The topological polar surface area (TPSA) is 77.2 Å². The molecule has 0 amide bonds. The fraction of sp³-hybridized carbons (Fsp3) is 0.346. The minimum atomic E-state index is -0.669. The molecule has 2 atom stereocenters. The summed E-state index contributed by atoms with van der Waals surface area (Å²) in [6, 6.07) is 14.4. The number of thiazole rings is 1. The number of aliphatic hydroxyl groups excluding tert-OH is 1. The first kappa shape index (κ1) is 22.7. The van der Waals surface area contributed by atoms with Crippen LogP contribution in [0.2, 0.25) is 0 Å². The molecule has 0 bridgehead atoms. The summed E-state index contributed by atoms with van der Waals surface area (Å²) in [5.41, 5.74) is 4.57. The molecule has 8 heteroatoms. The molecule has 1 N–H and O–H groups in total. The highest BCUT2D eigenvalue weighted by Gasteiger charge is 2.29. The average Bonchev–Trinajstić information content (AvgIpc) is 3.39. The van der Waals surface area contributed by atoms with E-state index in [0.29, 0.717) is 19.3 Å². The lowest BCUT2D eigenvalue weighted by Gasteiger charge is -2.26. The van der Waals surface area contributed by atoms with Crippen LogP contribution in [-0.2, 0) is 16.0 Å². The summed E-state index contributed by atoms with van der Waals surface area (Å²) in [4.78, 5) is 16.6. The van der Waals surface area contributed by atoms with Crippen LogP contribution in [0, 0.1) is 5.82 Å². The van der Waals surface area contributed by atoms with Crippen molar-refractivity contribution in [1.82, 2.24) is 14.8 Å². The van der Waals surface area contributed by atoms with E-state index in [9.17, 15) is 14.3 Å². The number of aromatic nitrogens is 3. The number of cyclic esters (lactones) is 1. The number of nitrogens with zero attached hydrogens (tertiary/aromatic N) is 3. The van der Waals surface area contributed by atoms with Gasteiger partial charge in [-0.15, -0.1) is 0 Å². The van der Waals surface area contributed by atoms with Crippen molar-refractivity contribution in [1.29, 1.82) is 0 Å². The monoisotopic (exact) mass is 479 g/mol. The van der Waals surface area contributed by atoms with Gasteiger partial charge in [0.15, 0.2) is 0 Å². The van der Waals surface area contributed by atoms with Crippen LogP contribution in [0.4, 0.5) is 4.39 Å². The zero-order chi connectivity index (χ0) is 23.8. The molecule has 0 unspecified atom stereocenters. The van der Waals surface area contributed by atoms with Crippen LogP contribution >= 0.6 is 11.3 Å². The van der Waals surface area contributed by atoms with Gasteiger partial charge in [-0.2, -0.15) is 5.10 Å². The number of halogens is 1. The van der Waals surface area contributed by atoms with Crippen LogP contribution in [0.5, 0.6) is 0 Å². The normalized spacial score (nSPS) is 18.6. The van der Waals surface area contributed by atoms with Crippen molar-refractivity contribution in [3.63, 3.8) is 0 Å². The molecule has 4 aromatic rings. The Morgan fingerprint density at radius 3 is 2.68 bits per heavy atom. The van der Waals surface area contributed by atoms with Crippen molar-refractivity contribution >= 4 is 27.5 Å². The number of carbonyl (C=O) groups is 1. The van der Waals surface area contributed by atoms with E-state index in [1.165, 1.54) is 12.1 Å². The summed E-state index contributed by atoms with van der Waals surface area (Å²) in [5.74, 6) is -0.523. The summed E-state index contributed by atoms with van der Waals surface area (Å²) in [7, 11) is 0. The van der Waals surface area contributed by atoms with E-state index < -0.39 is 6.10 Å². The molecule has 0 spiro atoms. The van der Waals surface area contributed by atoms with Gasteiger partial charge in [-0.25, -0.2) is 14.1 Å². The highest BCUT2D eigenvalue weighted by molar-refractivity contribution is 7.20. The minimum absolute atomic E-state index is 0.0457. The van der Waals surface area contributed by atoms with Crippen molar-refractivity contribution in [2.45, 2.75) is 57.7 Å². The number of carbonyl (C=O) groups excluding carboxylic acids is 1. The van der Waals surface area contributed by atoms with Gasteiger partial charge in [-0.05, 0) is 55.2 Å². The maximum atomic E-state index is 13.8. The van der Waals surface area contributed by atoms with Crippen LogP contribution in [0.15, 0.2) is 48.5 Å². The standard InChI is InChI=1S/C26H26FN3O3S/c1-15(2)24-20(12-11-19-13-18(31)14-23(32)33-19)25(16-7-9-17(27)10-8-16)30(29-24)26-28-21-5-3-4-6-22(21)34-26/h3-10,15,18-19,31H,11-14H2,1-2H3/t18-,19-/m1/s1. The van der Waals surface area contributed by atoms with Crippen LogP contribution in [0.1, 0.15) is 50.3 Å². The van der Waals surface area contributed by atoms with Crippen LogP contribution in [-0.4, -0.2) is 38.0 Å². The van der Waals surface area contributed by atoms with Gasteiger partial charge in [-0.1, -0.05) is 37.3 Å². The van der Waals surface area contributed by atoms with Crippen molar-refractivity contribution < 1.29 is 19.0 Å². The quantitative estimate of drug-likeness (QED) is 0.374. The average molecular weight is 480 g/mol. The SMILES string of the molecule is CC(C)c1nn(-c2nc3ccccc3s2)c(-c2ccc(F)cc2)c1CC[C@@H]1C[C@@H](O)CC(=O)O1. The van der Waals surface area contributed by atoms with E-state index in [2.05, 4.69) is 13.8 Å². The Bertz CT molecular complexity index is 1300. The molecule has 0 aliphatic carbocycles. The van der Waals surface area contributed by atoms with Crippen LogP contribution in [0.3, 0.4) is 0 Å². The third-order valence-corrected chi connectivity index (χ3v) is 7.11. The van der Waals surface area contributed by atoms with Crippen molar-refractivity contribution in [2.75, 3.05) is 0 Å². The molecule has 1 aliphatic heterocycles. The summed E-state index contributed by atoms with van der Waals surface area (Å²) in [5, 5.41) is 15.7. The number of hydrogen-bond acceptors (Lipinski definition) is 6. The summed E-state index contributed by atoms with van der Waals surface area (Å²) < 4.78 is 22.2. The predicted molar refractivity (Wildman–Crippen MR) is 130 cm³/mol. The van der Waals surface area contributed by atoms with Crippen LogP contribution in [0.25, 0.3) is 26.6 Å². The van der Waals surface area contributed by atoms with Crippen molar-refractivity contribution in [3.8, 4) is 16.4 Å². The first-order valence-corrected chi connectivity index (χ1v) is 12.3. The summed E-state index contributed by atoms with van der Waals surface area (Å²) in [6.07, 6.45) is 0.643. The number of fused-ring (bicyclic) bond motifs is 1. The Morgan fingerprint density at radius 2 is 1.97 bits per heavy atom. The third kappa shape index (κ3) is 4.48. The number of esters is 1. The van der Waals surface area contributed by atoms with Gasteiger partial charge >= 0.3 is 5.97 Å². The minimum Gasteiger partial charge on any atom is -0.462 e. The molecule has 1 fully saturated rings. The fourth-order valence-electron chi connectivity index (χ4n) is 4.51. The van der Waals surface area contributed by atoms with Gasteiger partial charge in [0.1, 0.15) is 11.9 Å². The van der Waals surface area contributed by atoms with Gasteiger partial charge in [0, 0.05) is 17.5 Å². The van der Waals surface area contributed by atoms with Crippen molar-refractivity contribution in [2.24, 2.45) is 0 Å². The fourth-order valence-corrected chi connectivity index (χ4v) is 5.44. The Hall–Kier alpha value is -3.10. The largest absolute Gasteiger partial charge is 0.462 e. The van der Waals surface area contributed by atoms with Gasteiger partial charge in [0.2, 0.25) is 5.13 Å². The van der Waals surface area contributed by atoms with Gasteiger partial charge < -0.3 is 9.84 Å². The number of benzene rings is 2. The molecule has 176 valence electrons. The molecule has 1 saturated heterocycles. The summed E-state index contributed by atoms with van der Waals surface area (Å²) in [6.45, 7) is 4.18. The van der Waals surface area contributed by atoms with Gasteiger partial charge in [-0.3, -0.25) is 4.79 Å². The number of para-hydroxylation sites is 1. The van der Waals surface area contributed by atoms with E-state index in [1.807, 2.05) is 28.9 Å². The second-order valence-electron chi connectivity index (χ2n) is 8.99. The van der Waals surface area contributed by atoms with Crippen LogP contribution < -0.4 is 0 Å². The first-order chi connectivity index (χ1) is 16.4. The van der Waals surface area contributed by atoms with E-state index in [-0.39, 0.29) is 30.2 Å². The molecular weight excluding hydrogens is 453 g/mol. The second-order valence-corrected chi connectivity index (χ2v) is 10.0. The highest BCUT2D eigenvalue weighted by Crippen LogP contribution is 2.36. The predicted octanol–water partition coefficient (Wildman–Crippen LogP) is 5.41. The lowest BCUT2D eigenvalue weighted by molar-refractivity contribution is -0.160. The van der Waals surface area contributed by atoms with E-state index in [4.69, 9.17) is 14.8 Å². The lowest BCUT2D eigenvalue weighted by Crippen LogP contribution is -2.32. The van der Waals surface area contributed by atoms with E-state index in [1.54, 1.807) is 23.5 Å². The maximum absolute atomic E-state index is 13.8. The molecule has 34 heavy (non-hydrogen) atoms. The Morgan fingerprint density at radius 1 is 1.21 bits per heavy atom. The first-order valence-electron chi connectivity index (χ1n) is 11.5. The number of rotatable bonds is 6. The maximum Gasteiger partial charge on any atom is 0.308 e. The Balaban J connectivity index is 1.61. The van der Waals surface area contributed by atoms with Gasteiger partial charge in [0.05, 0.1) is 34.1 Å². The van der Waals surface area contributed by atoms with Gasteiger partial charge in [0.25, 0.3) is 0 Å². The zero-order valence-corrected chi connectivity index (χ0v) is 19.9. The number of aliphatic hydroxyl groups is 1. The molecule has 2 aromatic heterocycles. The Kier molecular flexibility index (Phi) is 6.18. The summed E-state index contributed by atoms with van der Waals surface area (Å²) >= 11 is 1.56. The molecule has 6 nitrogen and oxygen atoms in total. The number of ether oxygens (including phenoxy) is 1. The molecule has 0 radical (unpaired) electrons. The molecule has 5 rings (SSSR count). The molecule has 3 heterocycles. The van der Waals surface area contributed by atoms with E-state index >= 15 is 0 Å². The molecule has 0 saturated carbocycles. The molecule has 2 aromatic carbocycles. The second kappa shape index (κ2) is 9.27. The third-order valence-electron chi connectivity index (χ3n) is 6.09. The van der Waals surface area contributed by atoms with Crippen molar-refractivity contribution in [3.05, 3.63) is 65.6 Å². The number of hydrogen-bond donors (Lipinski definition) is 1. The smallest absolute Gasteiger partial charge is 0.308 e.